The first-order valence-electron chi connectivity index (χ1n) is 13.8. The van der Waals surface area contributed by atoms with Gasteiger partial charge in [0.15, 0.2) is 0 Å². The third-order valence-electron chi connectivity index (χ3n) is 11.3. The summed E-state index contributed by atoms with van der Waals surface area (Å²) < 4.78 is 0. The Morgan fingerprint density at radius 1 is 0.939 bits per heavy atom. The van der Waals surface area contributed by atoms with E-state index in [1.54, 1.807) is 0 Å². The Morgan fingerprint density at radius 3 is 2.42 bits per heavy atom. The van der Waals surface area contributed by atoms with Crippen LogP contribution in [0.5, 0.6) is 0 Å². The van der Waals surface area contributed by atoms with E-state index < -0.39 is 17.8 Å². The van der Waals surface area contributed by atoms with Gasteiger partial charge in [-0.1, -0.05) is 33.6 Å². The summed E-state index contributed by atoms with van der Waals surface area (Å²) in [5.74, 6) is 3.50. The number of nitrogens with zero attached hydrogens (tertiary/aromatic N) is 1. The Bertz CT molecular complexity index is 794. The minimum absolute atomic E-state index is 0.145. The molecule has 0 radical (unpaired) electrons. The van der Waals surface area contributed by atoms with Crippen LogP contribution < -0.4 is 0 Å². The Balaban J connectivity index is 1.21. The van der Waals surface area contributed by atoms with E-state index in [-0.39, 0.29) is 19.3 Å². The summed E-state index contributed by atoms with van der Waals surface area (Å²) in [5, 5.41) is 0.684. The summed E-state index contributed by atoms with van der Waals surface area (Å²) in [6.45, 7) is 7.52. The highest BCUT2D eigenvalue weighted by atomic mass is 16.7. The molecule has 5 rings (SSSR count). The lowest BCUT2D eigenvalue weighted by Gasteiger charge is -2.61. The van der Waals surface area contributed by atoms with Crippen LogP contribution in [0.2, 0.25) is 0 Å². The van der Waals surface area contributed by atoms with Gasteiger partial charge in [0, 0.05) is 19.3 Å². The van der Waals surface area contributed by atoms with Gasteiger partial charge >= 0.3 is 5.97 Å². The smallest absolute Gasteiger partial charge is 0.330 e. The molecule has 0 bridgehead atoms. The number of hydrogen-bond acceptors (Lipinski definition) is 4. The molecule has 0 aromatic rings. The van der Waals surface area contributed by atoms with E-state index >= 15 is 0 Å². The van der Waals surface area contributed by atoms with E-state index in [4.69, 9.17) is 4.84 Å². The zero-order chi connectivity index (χ0) is 23.4. The molecule has 2 amide bonds. The van der Waals surface area contributed by atoms with Gasteiger partial charge in [0.2, 0.25) is 0 Å². The quantitative estimate of drug-likeness (QED) is 0.471. The van der Waals surface area contributed by atoms with Crippen molar-refractivity contribution in [1.82, 2.24) is 5.06 Å². The Hall–Kier alpha value is -1.39. The van der Waals surface area contributed by atoms with Crippen LogP contribution in [0.25, 0.3) is 0 Å². The highest BCUT2D eigenvalue weighted by Gasteiger charge is 2.60. The molecular weight excluding hydrogens is 414 g/mol. The maximum atomic E-state index is 12.4. The number of imide groups is 1. The Morgan fingerprint density at radius 2 is 1.67 bits per heavy atom. The fraction of sp³-hybridized carbons (Fsp3) is 0.893. The number of hydrogen-bond donors (Lipinski definition) is 0. The monoisotopic (exact) mass is 457 g/mol. The van der Waals surface area contributed by atoms with Crippen LogP contribution in [-0.2, 0) is 19.2 Å². The van der Waals surface area contributed by atoms with Crippen molar-refractivity contribution in [3.63, 3.8) is 0 Å². The Labute approximate surface area is 199 Å². The molecule has 0 N–H and O–H groups in total. The van der Waals surface area contributed by atoms with Crippen molar-refractivity contribution in [2.45, 2.75) is 111 Å². The van der Waals surface area contributed by atoms with Crippen molar-refractivity contribution in [2.75, 3.05) is 0 Å². The maximum Gasteiger partial charge on any atom is 0.333 e. The first-order chi connectivity index (χ1) is 15.7. The van der Waals surface area contributed by atoms with Gasteiger partial charge in [-0.2, -0.15) is 0 Å². The minimum Gasteiger partial charge on any atom is -0.330 e. The first kappa shape index (κ1) is 23.4. The molecule has 8 atom stereocenters. The van der Waals surface area contributed by atoms with Gasteiger partial charge in [0.05, 0.1) is 0 Å². The van der Waals surface area contributed by atoms with Crippen LogP contribution in [0.1, 0.15) is 111 Å². The molecule has 1 unspecified atom stereocenters. The van der Waals surface area contributed by atoms with Gasteiger partial charge in [-0.05, 0) is 104 Å². The van der Waals surface area contributed by atoms with Gasteiger partial charge < -0.3 is 4.84 Å². The normalized spacial score (nSPS) is 43.6. The predicted octanol–water partition coefficient (Wildman–Crippen LogP) is 6.06. The molecular formula is C28H43NO4. The molecule has 5 nitrogen and oxygen atoms in total. The van der Waals surface area contributed by atoms with Crippen molar-refractivity contribution < 1.29 is 19.2 Å². The summed E-state index contributed by atoms with van der Waals surface area (Å²) in [7, 11) is 0. The SMILES string of the molecule is C[C@H](CCC(=O)ON1C(=O)CCC1=O)[C@H]1CC[C@H]2[C@@H]3CCC4CCCC[C@]4(C)[C@H]3CC[C@]12C. The summed E-state index contributed by atoms with van der Waals surface area (Å²) in [4.78, 5) is 40.9. The molecule has 0 spiro atoms. The number of carbonyl (C=O) groups is 3. The summed E-state index contributed by atoms with van der Waals surface area (Å²) >= 11 is 0. The number of amides is 2. The van der Waals surface area contributed by atoms with Gasteiger partial charge in [0.25, 0.3) is 11.8 Å². The molecule has 0 aromatic carbocycles. The lowest BCUT2D eigenvalue weighted by atomic mass is 9.44. The first-order valence-corrected chi connectivity index (χ1v) is 13.8. The topological polar surface area (TPSA) is 63.7 Å². The zero-order valence-corrected chi connectivity index (χ0v) is 20.9. The second-order valence-electron chi connectivity index (χ2n) is 12.7. The average molecular weight is 458 g/mol. The van der Waals surface area contributed by atoms with Crippen LogP contribution in [0, 0.1) is 46.3 Å². The van der Waals surface area contributed by atoms with Gasteiger partial charge in [-0.15, -0.1) is 5.06 Å². The van der Waals surface area contributed by atoms with Crippen LogP contribution in [-0.4, -0.2) is 22.8 Å². The fourth-order valence-electron chi connectivity index (χ4n) is 9.62. The van der Waals surface area contributed by atoms with E-state index in [9.17, 15) is 14.4 Å². The van der Waals surface area contributed by atoms with Gasteiger partial charge in [0.1, 0.15) is 0 Å². The number of hydroxylamine groups is 2. The summed E-state index contributed by atoms with van der Waals surface area (Å²) in [6.07, 6.45) is 15.4. The molecule has 1 heterocycles. The molecule has 33 heavy (non-hydrogen) atoms. The standard InChI is InChI=1S/C28H43NO4/c1-18(7-14-26(32)33-29-24(30)12-13-25(29)31)21-10-11-22-20-9-8-19-6-4-5-16-27(19,2)23(20)15-17-28(21,22)3/h18-23H,4-17H2,1-3H3/t18-,19?,20+,21-,22+,23+,27+,28-/m1/s1. The van der Waals surface area contributed by atoms with Gasteiger partial charge in [-0.3, -0.25) is 9.59 Å². The van der Waals surface area contributed by atoms with Crippen LogP contribution >= 0.6 is 0 Å². The molecule has 0 aromatic heterocycles. The van der Waals surface area contributed by atoms with Crippen molar-refractivity contribution in [2.24, 2.45) is 46.3 Å². The summed E-state index contributed by atoms with van der Waals surface area (Å²) in [5.41, 5.74) is 0.976. The highest BCUT2D eigenvalue weighted by molar-refractivity contribution is 6.01. The number of carbonyl (C=O) groups excluding carboxylic acids is 3. The maximum absolute atomic E-state index is 12.4. The number of fused-ring (bicyclic) bond motifs is 5. The average Bonchev–Trinajstić information content (AvgIpc) is 3.31. The van der Waals surface area contributed by atoms with Crippen molar-refractivity contribution in [3.05, 3.63) is 0 Å². The molecule has 1 saturated heterocycles. The van der Waals surface area contributed by atoms with Gasteiger partial charge in [-0.25, -0.2) is 4.79 Å². The van der Waals surface area contributed by atoms with E-state index in [0.29, 0.717) is 27.7 Å². The minimum atomic E-state index is -0.447. The lowest BCUT2D eigenvalue weighted by Crippen LogP contribution is -2.53. The van der Waals surface area contributed by atoms with E-state index in [2.05, 4.69) is 20.8 Å². The molecule has 1 aliphatic heterocycles. The van der Waals surface area contributed by atoms with Crippen LogP contribution in [0.4, 0.5) is 0 Å². The molecule has 5 fully saturated rings. The molecule has 5 aliphatic rings. The third-order valence-corrected chi connectivity index (χ3v) is 11.3. The van der Waals surface area contributed by atoms with Crippen LogP contribution in [0.15, 0.2) is 0 Å². The Kier molecular flexibility index (Phi) is 6.14. The fourth-order valence-corrected chi connectivity index (χ4v) is 9.62. The van der Waals surface area contributed by atoms with Crippen molar-refractivity contribution in [3.8, 4) is 0 Å². The van der Waals surface area contributed by atoms with Crippen molar-refractivity contribution in [1.29, 1.82) is 0 Å². The molecule has 5 heteroatoms. The largest absolute Gasteiger partial charge is 0.333 e. The summed E-state index contributed by atoms with van der Waals surface area (Å²) in [6, 6.07) is 0. The lowest BCUT2D eigenvalue weighted by molar-refractivity contribution is -0.197. The molecule has 184 valence electrons. The second-order valence-corrected chi connectivity index (χ2v) is 12.7. The number of rotatable bonds is 5. The van der Waals surface area contributed by atoms with Crippen LogP contribution in [0.3, 0.4) is 0 Å². The van der Waals surface area contributed by atoms with E-state index in [1.807, 2.05) is 0 Å². The predicted molar refractivity (Wildman–Crippen MR) is 125 cm³/mol. The highest BCUT2D eigenvalue weighted by Crippen LogP contribution is 2.68. The zero-order valence-electron chi connectivity index (χ0n) is 20.9. The molecule has 4 saturated carbocycles. The third kappa shape index (κ3) is 3.86. The second kappa shape index (κ2) is 8.68. The van der Waals surface area contributed by atoms with Crippen molar-refractivity contribution >= 4 is 17.8 Å². The van der Waals surface area contributed by atoms with E-state index in [0.717, 1.165) is 30.1 Å². The molecule has 4 aliphatic carbocycles. The van der Waals surface area contributed by atoms with E-state index in [1.165, 1.54) is 64.2 Å².